The summed E-state index contributed by atoms with van der Waals surface area (Å²) in [5.74, 6) is 0. The Labute approximate surface area is 145 Å². The highest BCUT2D eigenvalue weighted by atomic mass is 35.5. The summed E-state index contributed by atoms with van der Waals surface area (Å²) in [6.07, 6.45) is 4.16. The Morgan fingerprint density at radius 1 is 1.17 bits per heavy atom. The van der Waals surface area contributed by atoms with Gasteiger partial charge in [-0.25, -0.2) is 4.68 Å². The van der Waals surface area contributed by atoms with Crippen molar-refractivity contribution < 1.29 is 5.11 Å². The topological polar surface area (TPSA) is 50.1 Å². The summed E-state index contributed by atoms with van der Waals surface area (Å²) in [6.45, 7) is 0.656. The van der Waals surface area contributed by atoms with Crippen molar-refractivity contribution in [2.45, 2.75) is 25.1 Å². The van der Waals surface area contributed by atoms with Crippen LogP contribution in [-0.4, -0.2) is 21.0 Å². The molecule has 0 saturated carbocycles. The van der Waals surface area contributed by atoms with E-state index < -0.39 is 0 Å². The van der Waals surface area contributed by atoms with Gasteiger partial charge < -0.3 is 10.4 Å². The number of benzene rings is 2. The number of halogens is 1. The molecular formula is C19H18ClN3O. The lowest BCUT2D eigenvalue weighted by Crippen LogP contribution is -2.28. The predicted molar refractivity (Wildman–Crippen MR) is 94.3 cm³/mol. The summed E-state index contributed by atoms with van der Waals surface area (Å²) in [6, 6.07) is 15.7. The van der Waals surface area contributed by atoms with Crippen molar-refractivity contribution in [1.29, 1.82) is 0 Å². The van der Waals surface area contributed by atoms with E-state index in [4.69, 9.17) is 11.6 Å². The lowest BCUT2D eigenvalue weighted by Gasteiger charge is -2.17. The van der Waals surface area contributed by atoms with Crippen LogP contribution >= 0.6 is 11.6 Å². The molecule has 0 amide bonds. The summed E-state index contributed by atoms with van der Waals surface area (Å²) < 4.78 is 1.83. The zero-order valence-corrected chi connectivity index (χ0v) is 13.8. The molecule has 0 bridgehead atoms. The number of hydrogen-bond acceptors (Lipinski definition) is 3. The van der Waals surface area contributed by atoms with Gasteiger partial charge >= 0.3 is 0 Å². The molecule has 2 atom stereocenters. The van der Waals surface area contributed by atoms with Gasteiger partial charge in [0.05, 0.1) is 24.0 Å². The van der Waals surface area contributed by atoms with Gasteiger partial charge in [-0.2, -0.15) is 5.10 Å². The minimum atomic E-state index is -0.381. The summed E-state index contributed by atoms with van der Waals surface area (Å²) >= 11 is 5.92. The molecule has 4 rings (SSSR count). The average Bonchev–Trinajstić information content (AvgIpc) is 3.17. The first kappa shape index (κ1) is 15.4. The molecule has 0 radical (unpaired) electrons. The number of aromatic nitrogens is 2. The van der Waals surface area contributed by atoms with Crippen molar-refractivity contribution in [3.63, 3.8) is 0 Å². The van der Waals surface area contributed by atoms with E-state index in [2.05, 4.69) is 22.5 Å². The number of nitrogens with zero attached hydrogens (tertiary/aromatic N) is 2. The Morgan fingerprint density at radius 3 is 2.79 bits per heavy atom. The van der Waals surface area contributed by atoms with Crippen LogP contribution in [0.1, 0.15) is 22.7 Å². The Bertz CT molecular complexity index is 844. The van der Waals surface area contributed by atoms with Crippen LogP contribution in [0.3, 0.4) is 0 Å². The first-order valence-corrected chi connectivity index (χ1v) is 8.37. The maximum atomic E-state index is 10.3. The van der Waals surface area contributed by atoms with Crippen molar-refractivity contribution in [2.75, 3.05) is 0 Å². The van der Waals surface area contributed by atoms with Gasteiger partial charge in [0.15, 0.2) is 0 Å². The monoisotopic (exact) mass is 339 g/mol. The minimum absolute atomic E-state index is 0.0277. The predicted octanol–water partition coefficient (Wildman–Crippen LogP) is 3.27. The molecular weight excluding hydrogens is 322 g/mol. The standard InChI is InChI=1S/C19H18ClN3O/c20-15-5-7-16(8-6-15)23-12-13(11-22-23)10-21-19-17-4-2-1-3-14(17)9-18(19)24/h1-8,11-12,18-19,21,24H,9-10H2/t18-,19+/m0/s1. The maximum Gasteiger partial charge on any atom is 0.0775 e. The minimum Gasteiger partial charge on any atom is -0.391 e. The van der Waals surface area contributed by atoms with Crippen molar-refractivity contribution in [3.05, 3.63) is 82.6 Å². The fraction of sp³-hybridized carbons (Fsp3) is 0.211. The third-order valence-electron chi connectivity index (χ3n) is 4.46. The molecule has 1 aliphatic carbocycles. The molecule has 2 N–H and O–H groups in total. The summed E-state index contributed by atoms with van der Waals surface area (Å²) in [5.41, 5.74) is 4.45. The van der Waals surface area contributed by atoms with Gasteiger partial charge in [0.25, 0.3) is 0 Å². The van der Waals surface area contributed by atoms with Crippen LogP contribution in [0, 0.1) is 0 Å². The first-order chi connectivity index (χ1) is 11.7. The summed E-state index contributed by atoms with van der Waals surface area (Å²) in [7, 11) is 0. The van der Waals surface area contributed by atoms with Crippen molar-refractivity contribution in [2.24, 2.45) is 0 Å². The summed E-state index contributed by atoms with van der Waals surface area (Å²) in [4.78, 5) is 0. The smallest absolute Gasteiger partial charge is 0.0775 e. The third-order valence-corrected chi connectivity index (χ3v) is 4.71. The number of rotatable bonds is 4. The first-order valence-electron chi connectivity index (χ1n) is 7.99. The van der Waals surface area contributed by atoms with Gasteiger partial charge in [0.1, 0.15) is 0 Å². The molecule has 5 heteroatoms. The van der Waals surface area contributed by atoms with Gasteiger partial charge in [0.2, 0.25) is 0 Å². The number of nitrogens with one attached hydrogen (secondary N) is 1. The second-order valence-corrected chi connectivity index (χ2v) is 6.53. The van der Waals surface area contributed by atoms with E-state index in [0.717, 1.165) is 11.3 Å². The van der Waals surface area contributed by atoms with Crippen LogP contribution in [-0.2, 0) is 13.0 Å². The van der Waals surface area contributed by atoms with E-state index in [1.54, 1.807) is 0 Å². The van der Waals surface area contributed by atoms with E-state index in [0.29, 0.717) is 18.0 Å². The fourth-order valence-corrected chi connectivity index (χ4v) is 3.36. The Balaban J connectivity index is 1.46. The average molecular weight is 340 g/mol. The molecule has 24 heavy (non-hydrogen) atoms. The highest BCUT2D eigenvalue weighted by Crippen LogP contribution is 2.31. The van der Waals surface area contributed by atoms with E-state index in [1.165, 1.54) is 11.1 Å². The fourth-order valence-electron chi connectivity index (χ4n) is 3.23. The molecule has 4 nitrogen and oxygen atoms in total. The quantitative estimate of drug-likeness (QED) is 0.767. The summed E-state index contributed by atoms with van der Waals surface area (Å²) in [5, 5.41) is 18.9. The zero-order chi connectivity index (χ0) is 16.5. The van der Waals surface area contributed by atoms with Crippen LogP contribution in [0.25, 0.3) is 5.69 Å². The molecule has 0 fully saturated rings. The normalized spacial score (nSPS) is 19.4. The van der Waals surface area contributed by atoms with Crippen LogP contribution in [0.15, 0.2) is 60.9 Å². The Hall–Kier alpha value is -2.14. The van der Waals surface area contributed by atoms with Gasteiger partial charge in [-0.05, 0) is 35.4 Å². The molecule has 0 unspecified atom stereocenters. The molecule has 2 aromatic carbocycles. The Kier molecular flexibility index (Phi) is 4.10. The number of aliphatic hydroxyl groups excluding tert-OH is 1. The second kappa shape index (κ2) is 6.40. The van der Waals surface area contributed by atoms with E-state index >= 15 is 0 Å². The number of fused-ring (bicyclic) bond motifs is 1. The molecule has 122 valence electrons. The molecule has 0 aliphatic heterocycles. The largest absolute Gasteiger partial charge is 0.391 e. The SMILES string of the molecule is O[C@H]1Cc2ccccc2[C@H]1NCc1cnn(-c2ccc(Cl)cc2)c1. The van der Waals surface area contributed by atoms with Gasteiger partial charge in [-0.1, -0.05) is 35.9 Å². The molecule has 1 heterocycles. The van der Waals surface area contributed by atoms with Crippen molar-refractivity contribution in [3.8, 4) is 5.69 Å². The highest BCUT2D eigenvalue weighted by Gasteiger charge is 2.30. The highest BCUT2D eigenvalue weighted by molar-refractivity contribution is 6.30. The molecule has 3 aromatic rings. The van der Waals surface area contributed by atoms with Crippen molar-refractivity contribution >= 4 is 11.6 Å². The van der Waals surface area contributed by atoms with Crippen LogP contribution in [0.2, 0.25) is 5.02 Å². The van der Waals surface area contributed by atoms with Gasteiger partial charge in [-0.15, -0.1) is 0 Å². The zero-order valence-electron chi connectivity index (χ0n) is 13.1. The number of aliphatic hydroxyl groups is 1. The Morgan fingerprint density at radius 2 is 1.96 bits per heavy atom. The van der Waals surface area contributed by atoms with Crippen LogP contribution in [0.5, 0.6) is 0 Å². The van der Waals surface area contributed by atoms with Crippen molar-refractivity contribution in [1.82, 2.24) is 15.1 Å². The van der Waals surface area contributed by atoms with Crippen LogP contribution < -0.4 is 5.32 Å². The number of hydrogen-bond donors (Lipinski definition) is 2. The molecule has 1 aromatic heterocycles. The third kappa shape index (κ3) is 2.96. The second-order valence-electron chi connectivity index (χ2n) is 6.10. The lowest BCUT2D eigenvalue weighted by atomic mass is 10.1. The van der Waals surface area contributed by atoms with E-state index in [9.17, 15) is 5.11 Å². The van der Waals surface area contributed by atoms with Gasteiger partial charge in [0, 0.05) is 29.7 Å². The van der Waals surface area contributed by atoms with Gasteiger partial charge in [-0.3, -0.25) is 0 Å². The molecule has 0 spiro atoms. The van der Waals surface area contributed by atoms with E-state index in [-0.39, 0.29) is 12.1 Å². The molecule has 1 aliphatic rings. The molecule has 0 saturated heterocycles. The lowest BCUT2D eigenvalue weighted by molar-refractivity contribution is 0.140. The maximum absolute atomic E-state index is 10.3. The van der Waals surface area contributed by atoms with Crippen LogP contribution in [0.4, 0.5) is 0 Å². The van der Waals surface area contributed by atoms with E-state index in [1.807, 2.05) is 53.5 Å².